The van der Waals surface area contributed by atoms with Crippen LogP contribution in [0, 0.1) is 10.1 Å². The van der Waals surface area contributed by atoms with Crippen LogP contribution < -0.4 is 5.32 Å². The van der Waals surface area contributed by atoms with Gasteiger partial charge in [0.25, 0.3) is 6.54 Å². The van der Waals surface area contributed by atoms with Crippen LogP contribution in [0.2, 0.25) is 5.02 Å². The Morgan fingerprint density at radius 3 is 2.41 bits per heavy atom. The standard InChI is InChI=1S/C17H12ClF3N2O4/c18-12-6-3-7-13(16(12)14(24)9-23(26)27)22-15(25)8-10-4-1-2-5-11(10)17(19,20)21/h1-7H,8-9H2,(H,22,25). The third-order valence-electron chi connectivity index (χ3n) is 3.51. The first-order chi connectivity index (χ1) is 12.6. The number of alkyl halides is 3. The minimum absolute atomic E-state index is 0.108. The van der Waals surface area contributed by atoms with E-state index in [1.807, 2.05) is 0 Å². The molecule has 0 atom stereocenters. The zero-order valence-corrected chi connectivity index (χ0v) is 14.3. The number of benzene rings is 2. The molecule has 0 unspecified atom stereocenters. The van der Waals surface area contributed by atoms with Crippen molar-refractivity contribution in [2.45, 2.75) is 12.6 Å². The van der Waals surface area contributed by atoms with Crippen LogP contribution in [-0.2, 0) is 17.4 Å². The predicted molar refractivity (Wildman–Crippen MR) is 91.4 cm³/mol. The number of amides is 1. The van der Waals surface area contributed by atoms with Crippen molar-refractivity contribution in [2.24, 2.45) is 0 Å². The van der Waals surface area contributed by atoms with Crippen LogP contribution in [0.15, 0.2) is 42.5 Å². The second-order valence-electron chi connectivity index (χ2n) is 5.46. The summed E-state index contributed by atoms with van der Waals surface area (Å²) in [5.74, 6) is -1.76. The third kappa shape index (κ3) is 5.27. The van der Waals surface area contributed by atoms with Gasteiger partial charge in [0.2, 0.25) is 11.7 Å². The average molecular weight is 401 g/mol. The molecule has 0 bridgehead atoms. The van der Waals surface area contributed by atoms with Crippen molar-refractivity contribution in [1.29, 1.82) is 0 Å². The number of ketones is 1. The molecule has 10 heteroatoms. The van der Waals surface area contributed by atoms with Crippen LogP contribution in [-0.4, -0.2) is 23.2 Å². The van der Waals surface area contributed by atoms with E-state index in [1.165, 1.54) is 36.4 Å². The molecular formula is C17H12ClF3N2O4. The number of rotatable bonds is 6. The summed E-state index contributed by atoms with van der Waals surface area (Å²) in [5, 5.41) is 12.7. The van der Waals surface area contributed by atoms with Gasteiger partial charge in [0, 0.05) is 4.92 Å². The summed E-state index contributed by atoms with van der Waals surface area (Å²) in [4.78, 5) is 33.9. The second-order valence-corrected chi connectivity index (χ2v) is 5.86. The normalized spacial score (nSPS) is 11.1. The molecule has 0 fully saturated rings. The highest BCUT2D eigenvalue weighted by Gasteiger charge is 2.33. The number of hydrogen-bond donors (Lipinski definition) is 1. The Morgan fingerprint density at radius 1 is 1.11 bits per heavy atom. The van der Waals surface area contributed by atoms with Gasteiger partial charge >= 0.3 is 6.18 Å². The van der Waals surface area contributed by atoms with Crippen molar-refractivity contribution in [3.63, 3.8) is 0 Å². The van der Waals surface area contributed by atoms with Crippen LogP contribution in [0.25, 0.3) is 0 Å². The summed E-state index contributed by atoms with van der Waals surface area (Å²) in [5.41, 5.74) is -1.57. The molecule has 0 aliphatic carbocycles. The minimum atomic E-state index is -4.63. The highest BCUT2D eigenvalue weighted by Crippen LogP contribution is 2.32. The fourth-order valence-corrected chi connectivity index (χ4v) is 2.71. The average Bonchev–Trinajstić information content (AvgIpc) is 2.53. The molecule has 0 saturated carbocycles. The number of halogens is 4. The van der Waals surface area contributed by atoms with Crippen molar-refractivity contribution in [2.75, 3.05) is 11.9 Å². The molecule has 2 rings (SSSR count). The van der Waals surface area contributed by atoms with Crippen LogP contribution >= 0.6 is 11.6 Å². The zero-order valence-electron chi connectivity index (χ0n) is 13.5. The van der Waals surface area contributed by atoms with Crippen LogP contribution in [0.1, 0.15) is 21.5 Å². The quantitative estimate of drug-likeness (QED) is 0.451. The first kappa shape index (κ1) is 20.4. The molecule has 2 aromatic carbocycles. The summed E-state index contributed by atoms with van der Waals surface area (Å²) < 4.78 is 39.0. The molecule has 142 valence electrons. The van der Waals surface area contributed by atoms with Crippen LogP contribution in [0.3, 0.4) is 0 Å². The van der Waals surface area contributed by atoms with Gasteiger partial charge in [-0.25, -0.2) is 0 Å². The van der Waals surface area contributed by atoms with Crippen LogP contribution in [0.5, 0.6) is 0 Å². The van der Waals surface area contributed by atoms with E-state index >= 15 is 0 Å². The lowest BCUT2D eigenvalue weighted by molar-refractivity contribution is -0.465. The first-order valence-electron chi connectivity index (χ1n) is 7.48. The van der Waals surface area contributed by atoms with Gasteiger partial charge in [-0.2, -0.15) is 13.2 Å². The summed E-state index contributed by atoms with van der Waals surface area (Å²) in [6, 6.07) is 8.58. The molecule has 0 heterocycles. The van der Waals surface area contributed by atoms with Gasteiger partial charge < -0.3 is 5.32 Å². The lowest BCUT2D eigenvalue weighted by Crippen LogP contribution is -2.21. The predicted octanol–water partition coefficient (Wildman–Crippen LogP) is 4.00. The molecule has 2 aromatic rings. The smallest absolute Gasteiger partial charge is 0.325 e. The number of hydrogen-bond acceptors (Lipinski definition) is 4. The lowest BCUT2D eigenvalue weighted by Gasteiger charge is -2.14. The molecule has 0 spiro atoms. The Hall–Kier alpha value is -2.94. The highest BCUT2D eigenvalue weighted by atomic mass is 35.5. The Morgan fingerprint density at radius 2 is 1.78 bits per heavy atom. The van der Waals surface area contributed by atoms with E-state index in [-0.39, 0.29) is 21.8 Å². The maximum Gasteiger partial charge on any atom is 0.416 e. The van der Waals surface area contributed by atoms with E-state index in [1.54, 1.807) is 0 Å². The fraction of sp³-hybridized carbons (Fsp3) is 0.176. The van der Waals surface area contributed by atoms with Gasteiger partial charge in [0.05, 0.1) is 28.3 Å². The molecule has 0 aliphatic heterocycles. The summed E-state index contributed by atoms with van der Waals surface area (Å²) in [7, 11) is 0. The SMILES string of the molecule is O=C(Cc1ccccc1C(F)(F)F)Nc1cccc(Cl)c1C(=O)C[N+](=O)[O-]. The maximum atomic E-state index is 13.0. The van der Waals surface area contributed by atoms with Crippen molar-refractivity contribution >= 4 is 29.0 Å². The zero-order chi connectivity index (χ0) is 20.2. The van der Waals surface area contributed by atoms with Gasteiger partial charge in [-0.3, -0.25) is 19.7 Å². The van der Waals surface area contributed by atoms with E-state index < -0.39 is 41.3 Å². The number of carbonyl (C=O) groups is 2. The van der Waals surface area contributed by atoms with Gasteiger partial charge in [0.15, 0.2) is 0 Å². The molecule has 0 aromatic heterocycles. The summed E-state index contributed by atoms with van der Waals surface area (Å²) in [6.07, 6.45) is -5.23. The van der Waals surface area contributed by atoms with Crippen molar-refractivity contribution in [1.82, 2.24) is 0 Å². The molecule has 1 amide bonds. The second kappa shape index (κ2) is 8.17. The maximum absolute atomic E-state index is 13.0. The molecule has 0 radical (unpaired) electrons. The van der Waals surface area contributed by atoms with Crippen molar-refractivity contribution in [3.8, 4) is 0 Å². The largest absolute Gasteiger partial charge is 0.416 e. The van der Waals surface area contributed by atoms with E-state index in [0.29, 0.717) is 0 Å². The molecule has 6 nitrogen and oxygen atoms in total. The van der Waals surface area contributed by atoms with Gasteiger partial charge in [-0.15, -0.1) is 0 Å². The molecular weight excluding hydrogens is 389 g/mol. The van der Waals surface area contributed by atoms with Gasteiger partial charge in [-0.1, -0.05) is 35.9 Å². The van der Waals surface area contributed by atoms with E-state index in [4.69, 9.17) is 11.6 Å². The monoisotopic (exact) mass is 400 g/mol. The summed E-state index contributed by atoms with van der Waals surface area (Å²) >= 11 is 5.89. The number of Topliss-reactive ketones (excluding diaryl/α,β-unsaturated/α-hetero) is 1. The lowest BCUT2D eigenvalue weighted by atomic mass is 10.0. The number of nitrogens with one attached hydrogen (secondary N) is 1. The van der Waals surface area contributed by atoms with E-state index in [0.717, 1.165) is 6.07 Å². The molecule has 1 N–H and O–H groups in total. The van der Waals surface area contributed by atoms with Crippen LogP contribution in [0.4, 0.5) is 18.9 Å². The number of carbonyl (C=O) groups excluding carboxylic acids is 2. The Labute approximate surface area is 156 Å². The molecule has 27 heavy (non-hydrogen) atoms. The Bertz CT molecular complexity index is 900. The topological polar surface area (TPSA) is 89.3 Å². The Kier molecular flexibility index (Phi) is 6.17. The van der Waals surface area contributed by atoms with Gasteiger partial charge in [0.1, 0.15) is 0 Å². The van der Waals surface area contributed by atoms with E-state index in [2.05, 4.69) is 5.32 Å². The number of nitrogens with zero attached hydrogens (tertiary/aromatic N) is 1. The van der Waals surface area contributed by atoms with Crippen molar-refractivity contribution < 1.29 is 27.7 Å². The number of anilines is 1. The number of nitro groups is 1. The molecule has 0 aliphatic rings. The van der Waals surface area contributed by atoms with Crippen molar-refractivity contribution in [3.05, 3.63) is 74.3 Å². The first-order valence-corrected chi connectivity index (χ1v) is 7.86. The molecule has 0 saturated heterocycles. The van der Waals surface area contributed by atoms with Gasteiger partial charge in [-0.05, 0) is 23.8 Å². The highest BCUT2D eigenvalue weighted by molar-refractivity contribution is 6.35. The summed E-state index contributed by atoms with van der Waals surface area (Å²) in [6.45, 7) is -1.04. The minimum Gasteiger partial charge on any atom is -0.325 e. The Balaban J connectivity index is 2.27. The third-order valence-corrected chi connectivity index (χ3v) is 3.83. The van der Waals surface area contributed by atoms with E-state index in [9.17, 15) is 32.9 Å². The fourth-order valence-electron chi connectivity index (χ4n) is 2.43.